The monoisotopic (exact) mass is 339 g/mol. The van der Waals surface area contributed by atoms with Gasteiger partial charge in [-0.05, 0) is 12.5 Å². The number of morpholine rings is 1. The number of amides is 1. The lowest BCUT2D eigenvalue weighted by molar-refractivity contribution is -0.126. The Labute approximate surface area is 144 Å². The van der Waals surface area contributed by atoms with Gasteiger partial charge in [0.1, 0.15) is 0 Å². The highest BCUT2D eigenvalue weighted by Gasteiger charge is 2.27. The summed E-state index contributed by atoms with van der Waals surface area (Å²) >= 11 is 0. The lowest BCUT2D eigenvalue weighted by atomic mass is 10.0. The topological polar surface area (TPSA) is 53.6 Å². The number of halogens is 1. The molecule has 0 spiro atoms. The molecule has 0 aliphatic carbocycles. The highest BCUT2D eigenvalue weighted by atomic mass is 35.5. The first-order valence-corrected chi connectivity index (χ1v) is 8.11. The minimum Gasteiger partial charge on any atom is -0.379 e. The van der Waals surface area contributed by atoms with E-state index in [1.165, 1.54) is 11.1 Å². The average molecular weight is 340 g/mol. The van der Waals surface area contributed by atoms with E-state index in [2.05, 4.69) is 46.7 Å². The largest absolute Gasteiger partial charge is 0.379 e. The standard InChI is InChI=1S/C17H25N3O2.ClH/c1-13-2-4-14(5-3-13)16(20-6-8-22-9-7-20)12-19-17(21)15-10-18-11-15;/h2-5,15-16,18H,6-12H2,1H3,(H,19,21);1H. The van der Waals surface area contributed by atoms with Crippen molar-refractivity contribution < 1.29 is 9.53 Å². The molecule has 2 heterocycles. The summed E-state index contributed by atoms with van der Waals surface area (Å²) < 4.78 is 5.46. The van der Waals surface area contributed by atoms with E-state index in [4.69, 9.17) is 4.74 Å². The number of carbonyl (C=O) groups is 1. The lowest BCUT2D eigenvalue weighted by Crippen LogP contribution is -2.52. The molecule has 2 saturated heterocycles. The Kier molecular flexibility index (Phi) is 6.84. The highest BCUT2D eigenvalue weighted by molar-refractivity contribution is 5.85. The van der Waals surface area contributed by atoms with Crippen LogP contribution in [0.1, 0.15) is 17.2 Å². The minimum absolute atomic E-state index is 0. The molecule has 2 fully saturated rings. The zero-order valence-corrected chi connectivity index (χ0v) is 14.4. The third kappa shape index (κ3) is 4.67. The van der Waals surface area contributed by atoms with Gasteiger partial charge in [0.05, 0.1) is 25.2 Å². The van der Waals surface area contributed by atoms with Crippen LogP contribution in [0.15, 0.2) is 24.3 Å². The number of nitrogens with zero attached hydrogens (tertiary/aromatic N) is 1. The van der Waals surface area contributed by atoms with Crippen molar-refractivity contribution in [2.75, 3.05) is 45.9 Å². The zero-order valence-electron chi connectivity index (χ0n) is 13.6. The fraction of sp³-hybridized carbons (Fsp3) is 0.588. The van der Waals surface area contributed by atoms with E-state index in [0.29, 0.717) is 6.54 Å². The van der Waals surface area contributed by atoms with E-state index >= 15 is 0 Å². The highest BCUT2D eigenvalue weighted by Crippen LogP contribution is 2.22. The van der Waals surface area contributed by atoms with Crippen molar-refractivity contribution in [1.82, 2.24) is 15.5 Å². The molecule has 5 nitrogen and oxygen atoms in total. The van der Waals surface area contributed by atoms with Crippen molar-refractivity contribution in [3.63, 3.8) is 0 Å². The van der Waals surface area contributed by atoms with Crippen LogP contribution in [0, 0.1) is 12.8 Å². The maximum atomic E-state index is 12.1. The second kappa shape index (κ2) is 8.64. The molecule has 128 valence electrons. The normalized spacial score (nSPS) is 20.2. The van der Waals surface area contributed by atoms with Crippen molar-refractivity contribution in [3.05, 3.63) is 35.4 Å². The van der Waals surface area contributed by atoms with Gasteiger partial charge in [-0.3, -0.25) is 9.69 Å². The van der Waals surface area contributed by atoms with Crippen LogP contribution in [0.2, 0.25) is 0 Å². The smallest absolute Gasteiger partial charge is 0.225 e. The van der Waals surface area contributed by atoms with Gasteiger partial charge >= 0.3 is 0 Å². The van der Waals surface area contributed by atoms with Gasteiger partial charge in [-0.1, -0.05) is 29.8 Å². The maximum absolute atomic E-state index is 12.1. The molecule has 1 aromatic carbocycles. The van der Waals surface area contributed by atoms with Gasteiger partial charge in [-0.15, -0.1) is 12.4 Å². The number of nitrogens with one attached hydrogen (secondary N) is 2. The quantitative estimate of drug-likeness (QED) is 0.844. The fourth-order valence-electron chi connectivity index (χ4n) is 2.95. The number of rotatable bonds is 5. The molecule has 6 heteroatoms. The van der Waals surface area contributed by atoms with Gasteiger partial charge in [0.15, 0.2) is 0 Å². The molecule has 1 unspecified atom stereocenters. The summed E-state index contributed by atoms with van der Waals surface area (Å²) in [5.74, 6) is 0.312. The van der Waals surface area contributed by atoms with E-state index in [1.54, 1.807) is 0 Å². The molecule has 0 saturated carbocycles. The number of hydrogen-bond donors (Lipinski definition) is 2. The third-order valence-electron chi connectivity index (χ3n) is 4.57. The first-order valence-electron chi connectivity index (χ1n) is 8.11. The van der Waals surface area contributed by atoms with Crippen LogP contribution in [0.3, 0.4) is 0 Å². The van der Waals surface area contributed by atoms with Crippen molar-refractivity contribution in [2.24, 2.45) is 5.92 Å². The van der Waals surface area contributed by atoms with Crippen molar-refractivity contribution in [2.45, 2.75) is 13.0 Å². The fourth-order valence-corrected chi connectivity index (χ4v) is 2.95. The average Bonchev–Trinajstić information content (AvgIpc) is 2.48. The van der Waals surface area contributed by atoms with E-state index < -0.39 is 0 Å². The summed E-state index contributed by atoms with van der Waals surface area (Å²) in [5.41, 5.74) is 2.52. The van der Waals surface area contributed by atoms with Crippen molar-refractivity contribution in [3.8, 4) is 0 Å². The SMILES string of the molecule is Cc1ccc(C(CNC(=O)C2CNC2)N2CCOCC2)cc1.Cl. The molecule has 2 aliphatic rings. The summed E-state index contributed by atoms with van der Waals surface area (Å²) in [6.07, 6.45) is 0. The Morgan fingerprint density at radius 3 is 2.52 bits per heavy atom. The van der Waals surface area contributed by atoms with Gasteiger partial charge in [-0.25, -0.2) is 0 Å². The number of ether oxygens (including phenoxy) is 1. The maximum Gasteiger partial charge on any atom is 0.225 e. The lowest BCUT2D eigenvalue weighted by Gasteiger charge is -2.35. The molecule has 0 bridgehead atoms. The van der Waals surface area contributed by atoms with Crippen LogP contribution in [0.4, 0.5) is 0 Å². The van der Waals surface area contributed by atoms with Crippen LogP contribution >= 0.6 is 12.4 Å². The number of carbonyl (C=O) groups excluding carboxylic acids is 1. The van der Waals surface area contributed by atoms with Crippen LogP contribution in [0.5, 0.6) is 0 Å². The molecular formula is C17H26ClN3O2. The van der Waals surface area contributed by atoms with E-state index in [-0.39, 0.29) is 30.3 Å². The van der Waals surface area contributed by atoms with E-state index in [1.807, 2.05) is 0 Å². The summed E-state index contributed by atoms with van der Waals surface area (Å²) in [6, 6.07) is 8.85. The number of benzene rings is 1. The Bertz CT molecular complexity index is 499. The van der Waals surface area contributed by atoms with Gasteiger partial charge in [0.25, 0.3) is 0 Å². The predicted octanol–water partition coefficient (Wildman–Crippen LogP) is 1.13. The second-order valence-electron chi connectivity index (χ2n) is 6.18. The summed E-state index contributed by atoms with van der Waals surface area (Å²) in [7, 11) is 0. The first kappa shape index (κ1) is 18.2. The van der Waals surface area contributed by atoms with Gasteiger partial charge in [-0.2, -0.15) is 0 Å². The van der Waals surface area contributed by atoms with Crippen LogP contribution in [0.25, 0.3) is 0 Å². The molecule has 1 amide bonds. The summed E-state index contributed by atoms with van der Waals surface area (Å²) in [4.78, 5) is 14.5. The molecule has 1 atom stereocenters. The van der Waals surface area contributed by atoms with Crippen LogP contribution in [-0.2, 0) is 9.53 Å². The Hall–Kier alpha value is -1.14. The third-order valence-corrected chi connectivity index (χ3v) is 4.57. The second-order valence-corrected chi connectivity index (χ2v) is 6.18. The molecule has 2 N–H and O–H groups in total. The van der Waals surface area contributed by atoms with Gasteiger partial charge in [0.2, 0.25) is 5.91 Å². The van der Waals surface area contributed by atoms with Crippen molar-refractivity contribution in [1.29, 1.82) is 0 Å². The predicted molar refractivity (Wildman–Crippen MR) is 92.9 cm³/mol. The summed E-state index contributed by atoms with van der Waals surface area (Å²) in [6.45, 7) is 7.74. The molecule has 1 aromatic rings. The zero-order chi connectivity index (χ0) is 15.4. The Morgan fingerprint density at radius 1 is 1.30 bits per heavy atom. The van der Waals surface area contributed by atoms with Crippen LogP contribution in [-0.4, -0.2) is 56.7 Å². The van der Waals surface area contributed by atoms with Crippen LogP contribution < -0.4 is 10.6 Å². The van der Waals surface area contributed by atoms with E-state index in [0.717, 1.165) is 39.4 Å². The first-order chi connectivity index (χ1) is 10.7. The molecule has 0 radical (unpaired) electrons. The number of hydrogen-bond acceptors (Lipinski definition) is 4. The Morgan fingerprint density at radius 2 is 1.96 bits per heavy atom. The van der Waals surface area contributed by atoms with Crippen molar-refractivity contribution >= 4 is 18.3 Å². The summed E-state index contributed by atoms with van der Waals surface area (Å²) in [5, 5.41) is 6.28. The van der Waals surface area contributed by atoms with Gasteiger partial charge < -0.3 is 15.4 Å². The minimum atomic E-state index is 0. The van der Waals surface area contributed by atoms with Gasteiger partial charge in [0, 0.05) is 32.7 Å². The van der Waals surface area contributed by atoms with E-state index in [9.17, 15) is 4.79 Å². The molecular weight excluding hydrogens is 314 g/mol. The molecule has 0 aromatic heterocycles. The number of aryl methyl sites for hydroxylation is 1. The molecule has 2 aliphatic heterocycles. The molecule has 3 rings (SSSR count). The molecule has 23 heavy (non-hydrogen) atoms. The Balaban J connectivity index is 0.00000192.